The number of alkyl halides is 3. The van der Waals surface area contributed by atoms with Crippen LogP contribution in [-0.4, -0.2) is 27.7 Å². The molecule has 2 aromatic carbocycles. The predicted octanol–water partition coefficient (Wildman–Crippen LogP) is 5.91. The van der Waals surface area contributed by atoms with Crippen LogP contribution in [0.3, 0.4) is 0 Å². The number of ether oxygens (including phenoxy) is 1. The lowest BCUT2D eigenvalue weighted by molar-refractivity contribution is -0.137. The number of aromatic nitrogens is 3. The number of carbonyl (C=O) groups excluding carboxylic acids is 1. The van der Waals surface area contributed by atoms with Crippen molar-refractivity contribution in [2.75, 3.05) is 17.7 Å². The first-order valence-electron chi connectivity index (χ1n) is 10.1. The van der Waals surface area contributed by atoms with Crippen LogP contribution in [0.4, 0.5) is 29.3 Å². The lowest BCUT2D eigenvalue weighted by Crippen LogP contribution is -2.21. The Hall–Kier alpha value is -4.34. The first-order chi connectivity index (χ1) is 16.3. The minimum Gasteiger partial charge on any atom is -0.495 e. The molecule has 0 radical (unpaired) electrons. The summed E-state index contributed by atoms with van der Waals surface area (Å²) >= 11 is 0. The maximum atomic E-state index is 13.1. The predicted molar refractivity (Wildman–Crippen MR) is 122 cm³/mol. The minimum absolute atomic E-state index is 0.0930. The van der Waals surface area contributed by atoms with Crippen molar-refractivity contribution in [3.8, 4) is 22.8 Å². The van der Waals surface area contributed by atoms with Crippen molar-refractivity contribution in [1.29, 1.82) is 0 Å². The Morgan fingerprint density at radius 2 is 1.71 bits per heavy atom. The molecule has 0 atom stereocenters. The first-order valence-corrected chi connectivity index (χ1v) is 10.1. The summed E-state index contributed by atoms with van der Waals surface area (Å²) in [6, 6.07) is 11.3. The summed E-state index contributed by atoms with van der Waals surface area (Å²) in [7, 11) is 1.31. The van der Waals surface area contributed by atoms with Gasteiger partial charge in [0, 0.05) is 41.7 Å². The van der Waals surface area contributed by atoms with Gasteiger partial charge in [0.2, 0.25) is 0 Å². The Labute approximate surface area is 193 Å². The van der Waals surface area contributed by atoms with Crippen LogP contribution in [0.5, 0.6) is 5.75 Å². The quantitative estimate of drug-likeness (QED) is 0.382. The summed E-state index contributed by atoms with van der Waals surface area (Å²) < 4.78 is 46.1. The fourth-order valence-corrected chi connectivity index (χ4v) is 3.42. The second kappa shape index (κ2) is 9.26. The summed E-state index contributed by atoms with van der Waals surface area (Å²) in [5.41, 5.74) is 1.98. The molecular formula is C24H20F3N5O2. The van der Waals surface area contributed by atoms with E-state index in [0.717, 1.165) is 40.8 Å². The zero-order valence-electron chi connectivity index (χ0n) is 18.2. The van der Waals surface area contributed by atoms with Crippen LogP contribution < -0.4 is 15.4 Å². The molecule has 174 valence electrons. The molecule has 0 aliphatic rings. The van der Waals surface area contributed by atoms with Gasteiger partial charge in [-0.3, -0.25) is 9.55 Å². The average molecular weight is 467 g/mol. The zero-order chi connectivity index (χ0) is 24.3. The molecule has 0 spiro atoms. The Kier molecular flexibility index (Phi) is 6.22. The van der Waals surface area contributed by atoms with Crippen molar-refractivity contribution < 1.29 is 22.7 Å². The molecule has 2 N–H and O–H groups in total. The molecule has 0 saturated heterocycles. The van der Waals surface area contributed by atoms with Crippen molar-refractivity contribution in [2.24, 2.45) is 0 Å². The summed E-state index contributed by atoms with van der Waals surface area (Å²) in [4.78, 5) is 21.0. The number of rotatable bonds is 5. The van der Waals surface area contributed by atoms with Gasteiger partial charge in [-0.05, 0) is 61.0 Å². The van der Waals surface area contributed by atoms with E-state index < -0.39 is 17.8 Å². The molecule has 0 saturated carbocycles. The monoisotopic (exact) mass is 467 g/mol. The number of imidazole rings is 1. The van der Waals surface area contributed by atoms with Crippen LogP contribution in [-0.2, 0) is 6.18 Å². The van der Waals surface area contributed by atoms with E-state index in [2.05, 4.69) is 20.6 Å². The number of carbonyl (C=O) groups is 1. The molecule has 4 aromatic rings. The molecular weight excluding hydrogens is 447 g/mol. The smallest absolute Gasteiger partial charge is 0.416 e. The van der Waals surface area contributed by atoms with Gasteiger partial charge in [0.25, 0.3) is 0 Å². The van der Waals surface area contributed by atoms with Gasteiger partial charge in [-0.2, -0.15) is 13.2 Å². The lowest BCUT2D eigenvalue weighted by atomic mass is 10.1. The highest BCUT2D eigenvalue weighted by Gasteiger charge is 2.31. The van der Waals surface area contributed by atoms with Gasteiger partial charge in [0.15, 0.2) is 0 Å². The van der Waals surface area contributed by atoms with Crippen molar-refractivity contribution in [3.05, 3.63) is 84.4 Å². The number of hydrogen-bond donors (Lipinski definition) is 2. The van der Waals surface area contributed by atoms with Crippen molar-refractivity contribution in [1.82, 2.24) is 14.5 Å². The number of aryl methyl sites for hydroxylation is 1. The normalized spacial score (nSPS) is 11.2. The van der Waals surface area contributed by atoms with Crippen LogP contribution >= 0.6 is 0 Å². The number of halogens is 3. The van der Waals surface area contributed by atoms with Gasteiger partial charge in [-0.15, -0.1) is 0 Å². The lowest BCUT2D eigenvalue weighted by Gasteiger charge is -2.15. The number of nitrogens with one attached hydrogen (secondary N) is 2. The van der Waals surface area contributed by atoms with E-state index in [0.29, 0.717) is 5.69 Å². The molecule has 7 nitrogen and oxygen atoms in total. The highest BCUT2D eigenvalue weighted by Crippen LogP contribution is 2.35. The fraction of sp³-hybridized carbons (Fsp3) is 0.125. The number of hydrogen-bond acceptors (Lipinski definition) is 4. The van der Waals surface area contributed by atoms with Gasteiger partial charge >= 0.3 is 12.2 Å². The Morgan fingerprint density at radius 1 is 0.971 bits per heavy atom. The molecule has 2 aromatic heterocycles. The highest BCUT2D eigenvalue weighted by atomic mass is 19.4. The van der Waals surface area contributed by atoms with E-state index in [4.69, 9.17) is 4.74 Å². The van der Waals surface area contributed by atoms with Crippen LogP contribution in [0.15, 0.2) is 73.3 Å². The van der Waals surface area contributed by atoms with Gasteiger partial charge in [-0.1, -0.05) is 0 Å². The molecule has 0 aliphatic heterocycles. The van der Waals surface area contributed by atoms with E-state index in [1.807, 2.05) is 35.9 Å². The molecule has 2 amide bonds. The molecule has 0 unspecified atom stereocenters. The molecule has 0 bridgehead atoms. The highest BCUT2D eigenvalue weighted by molar-refractivity contribution is 6.01. The Bertz CT molecular complexity index is 1320. The number of benzene rings is 2. The van der Waals surface area contributed by atoms with Gasteiger partial charge in [-0.25, -0.2) is 9.78 Å². The first kappa shape index (κ1) is 22.8. The van der Waals surface area contributed by atoms with Crippen LogP contribution in [0, 0.1) is 6.92 Å². The summed E-state index contributed by atoms with van der Waals surface area (Å²) in [5.74, 6) is 0.843. The summed E-state index contributed by atoms with van der Waals surface area (Å²) in [6.45, 7) is 1.81. The maximum Gasteiger partial charge on any atom is 0.416 e. The number of urea groups is 1. The maximum absolute atomic E-state index is 13.1. The Morgan fingerprint density at radius 3 is 2.38 bits per heavy atom. The third-order valence-electron chi connectivity index (χ3n) is 5.09. The molecule has 0 aliphatic carbocycles. The van der Waals surface area contributed by atoms with E-state index in [-0.39, 0.29) is 11.4 Å². The standard InChI is InChI=1S/C24H20F3N5O2/c1-15-13-18(32-12-11-29-22(32)16-7-9-28-10-8-16)4-5-19(15)30-23(33)31-20-14-17(24(25,26)27)3-6-21(20)34-2/h3-14H,1-2H3,(H2,30,31,33). The van der Waals surface area contributed by atoms with E-state index in [9.17, 15) is 18.0 Å². The van der Waals surface area contributed by atoms with E-state index in [1.165, 1.54) is 7.11 Å². The van der Waals surface area contributed by atoms with Crippen LogP contribution in [0.25, 0.3) is 17.1 Å². The van der Waals surface area contributed by atoms with E-state index >= 15 is 0 Å². The number of amides is 2. The SMILES string of the molecule is COc1ccc(C(F)(F)F)cc1NC(=O)Nc1ccc(-n2ccnc2-c2ccncc2)cc1C. The van der Waals surface area contributed by atoms with Crippen LogP contribution in [0.1, 0.15) is 11.1 Å². The van der Waals surface area contributed by atoms with Crippen molar-refractivity contribution in [3.63, 3.8) is 0 Å². The molecule has 34 heavy (non-hydrogen) atoms. The molecule has 0 fully saturated rings. The minimum atomic E-state index is -4.55. The number of methoxy groups -OCH3 is 1. The summed E-state index contributed by atoms with van der Waals surface area (Å²) in [6.07, 6.45) is 2.33. The largest absolute Gasteiger partial charge is 0.495 e. The summed E-state index contributed by atoms with van der Waals surface area (Å²) in [5, 5.41) is 5.09. The van der Waals surface area contributed by atoms with E-state index in [1.54, 1.807) is 30.7 Å². The third-order valence-corrected chi connectivity index (χ3v) is 5.09. The fourth-order valence-electron chi connectivity index (χ4n) is 3.42. The number of anilines is 2. The average Bonchev–Trinajstić information content (AvgIpc) is 3.30. The van der Waals surface area contributed by atoms with Gasteiger partial charge in [0.1, 0.15) is 11.6 Å². The molecule has 2 heterocycles. The molecule has 4 rings (SSSR count). The molecule has 10 heteroatoms. The second-order valence-corrected chi connectivity index (χ2v) is 7.35. The van der Waals surface area contributed by atoms with Crippen LogP contribution in [0.2, 0.25) is 0 Å². The number of nitrogens with zero attached hydrogens (tertiary/aromatic N) is 3. The second-order valence-electron chi connectivity index (χ2n) is 7.35. The van der Waals surface area contributed by atoms with Crippen molar-refractivity contribution in [2.45, 2.75) is 13.1 Å². The van der Waals surface area contributed by atoms with Crippen molar-refractivity contribution >= 4 is 17.4 Å². The topological polar surface area (TPSA) is 81.1 Å². The third kappa shape index (κ3) is 4.85. The Balaban J connectivity index is 1.54. The zero-order valence-corrected chi connectivity index (χ0v) is 18.2. The number of pyridine rings is 1. The van der Waals surface area contributed by atoms with Gasteiger partial charge in [0.05, 0.1) is 18.4 Å². The van der Waals surface area contributed by atoms with Gasteiger partial charge < -0.3 is 15.4 Å².